The molecule has 0 fully saturated rings. The Morgan fingerprint density at radius 2 is 2.22 bits per heavy atom. The fourth-order valence-electron chi connectivity index (χ4n) is 1.53. The normalized spacial score (nSPS) is 10.1. The molecule has 0 atom stereocenters. The second-order valence-corrected chi connectivity index (χ2v) is 3.80. The predicted molar refractivity (Wildman–Crippen MR) is 71.8 cm³/mol. The van der Waals surface area contributed by atoms with Gasteiger partial charge in [0.15, 0.2) is 0 Å². The number of methoxy groups -OCH3 is 1. The molecule has 1 aromatic carbocycles. The molecule has 18 heavy (non-hydrogen) atoms. The van der Waals surface area contributed by atoms with Crippen molar-refractivity contribution in [2.45, 2.75) is 13.3 Å². The topological polar surface area (TPSA) is 73.6 Å². The van der Waals surface area contributed by atoms with Crippen LogP contribution >= 0.6 is 0 Å². The van der Waals surface area contributed by atoms with Crippen LogP contribution in [0.4, 0.5) is 11.4 Å². The van der Waals surface area contributed by atoms with E-state index in [1.165, 1.54) is 0 Å². The van der Waals surface area contributed by atoms with Crippen LogP contribution in [0, 0.1) is 0 Å². The van der Waals surface area contributed by atoms with Crippen LogP contribution in [-0.4, -0.2) is 32.8 Å². The predicted octanol–water partition coefficient (Wildman–Crippen LogP) is 1.89. The highest BCUT2D eigenvalue weighted by molar-refractivity contribution is 5.96. The van der Waals surface area contributed by atoms with Gasteiger partial charge in [0.25, 0.3) is 0 Å². The molecule has 0 bridgehead atoms. The first-order chi connectivity index (χ1) is 8.69. The molecule has 0 unspecified atom stereocenters. The molecule has 5 nitrogen and oxygen atoms in total. The molecule has 0 heterocycles. The van der Waals surface area contributed by atoms with Crippen LogP contribution in [0.2, 0.25) is 0 Å². The van der Waals surface area contributed by atoms with Crippen molar-refractivity contribution in [2.75, 3.05) is 37.9 Å². The van der Waals surface area contributed by atoms with Gasteiger partial charge in [-0.3, -0.25) is 0 Å². The average Bonchev–Trinajstić information content (AvgIpc) is 2.36. The van der Waals surface area contributed by atoms with E-state index in [2.05, 4.69) is 5.32 Å². The Kier molecular flexibility index (Phi) is 6.00. The summed E-state index contributed by atoms with van der Waals surface area (Å²) in [6.45, 7) is 3.52. The molecule has 100 valence electrons. The van der Waals surface area contributed by atoms with E-state index < -0.39 is 0 Å². The summed E-state index contributed by atoms with van der Waals surface area (Å²) in [6.07, 6.45) is 0.864. The Morgan fingerprint density at radius 1 is 1.44 bits per heavy atom. The first-order valence-corrected chi connectivity index (χ1v) is 5.98. The summed E-state index contributed by atoms with van der Waals surface area (Å²) < 4.78 is 9.96. The molecule has 1 aromatic rings. The molecular formula is C13H20N2O3. The first-order valence-electron chi connectivity index (χ1n) is 5.98. The zero-order chi connectivity index (χ0) is 13.4. The van der Waals surface area contributed by atoms with Crippen LogP contribution in [0.15, 0.2) is 18.2 Å². The van der Waals surface area contributed by atoms with Crippen molar-refractivity contribution in [2.24, 2.45) is 0 Å². The zero-order valence-electron chi connectivity index (χ0n) is 10.9. The van der Waals surface area contributed by atoms with Gasteiger partial charge >= 0.3 is 5.97 Å². The molecule has 1 rings (SSSR count). The van der Waals surface area contributed by atoms with Gasteiger partial charge in [-0.05, 0) is 31.5 Å². The number of esters is 1. The van der Waals surface area contributed by atoms with Gasteiger partial charge in [0.2, 0.25) is 0 Å². The summed E-state index contributed by atoms with van der Waals surface area (Å²) in [5.41, 5.74) is 7.43. The average molecular weight is 252 g/mol. The Morgan fingerprint density at radius 3 is 2.89 bits per heavy atom. The molecule has 0 amide bonds. The van der Waals surface area contributed by atoms with Gasteiger partial charge in [-0.1, -0.05) is 0 Å². The molecule has 0 radical (unpaired) electrons. The summed E-state index contributed by atoms with van der Waals surface area (Å²) in [5, 5.41) is 3.18. The number of nitrogens with two attached hydrogens (primary N) is 1. The van der Waals surface area contributed by atoms with Crippen LogP contribution < -0.4 is 11.1 Å². The van der Waals surface area contributed by atoms with Crippen molar-refractivity contribution < 1.29 is 14.3 Å². The lowest BCUT2D eigenvalue weighted by molar-refractivity contribution is 0.0527. The maximum absolute atomic E-state index is 11.8. The zero-order valence-corrected chi connectivity index (χ0v) is 10.9. The number of rotatable bonds is 7. The summed E-state index contributed by atoms with van der Waals surface area (Å²) in [6, 6.07) is 5.16. The Balaban J connectivity index is 2.73. The molecular weight excluding hydrogens is 232 g/mol. The second kappa shape index (κ2) is 7.55. The van der Waals surface area contributed by atoms with Crippen molar-refractivity contribution in [3.63, 3.8) is 0 Å². The summed E-state index contributed by atoms with van der Waals surface area (Å²) >= 11 is 0. The van der Waals surface area contributed by atoms with Crippen LogP contribution in [0.1, 0.15) is 23.7 Å². The van der Waals surface area contributed by atoms with E-state index in [4.69, 9.17) is 15.2 Å². The number of nitrogen functional groups attached to an aromatic ring is 1. The fourth-order valence-corrected chi connectivity index (χ4v) is 1.53. The molecule has 3 N–H and O–H groups in total. The molecule has 0 spiro atoms. The van der Waals surface area contributed by atoms with Gasteiger partial charge in [0, 0.05) is 31.6 Å². The number of benzene rings is 1. The van der Waals surface area contributed by atoms with Crippen LogP contribution in [0.3, 0.4) is 0 Å². The van der Waals surface area contributed by atoms with Gasteiger partial charge in [-0.25, -0.2) is 4.79 Å². The molecule has 0 aliphatic carbocycles. The smallest absolute Gasteiger partial charge is 0.340 e. The fraction of sp³-hybridized carbons (Fsp3) is 0.462. The van der Waals surface area contributed by atoms with E-state index >= 15 is 0 Å². The number of carbonyl (C=O) groups is 1. The van der Waals surface area contributed by atoms with E-state index in [-0.39, 0.29) is 5.97 Å². The lowest BCUT2D eigenvalue weighted by Crippen LogP contribution is -2.12. The van der Waals surface area contributed by atoms with Crippen molar-refractivity contribution in [3.8, 4) is 0 Å². The first kappa shape index (κ1) is 14.3. The molecule has 0 saturated heterocycles. The standard InChI is InChI=1S/C13H20N2O3/c1-3-18-13(16)11-9-10(14)5-6-12(11)15-7-4-8-17-2/h5-6,9,15H,3-4,7-8,14H2,1-2H3. The lowest BCUT2D eigenvalue weighted by Gasteiger charge is -2.11. The van der Waals surface area contributed by atoms with Crippen LogP contribution in [-0.2, 0) is 9.47 Å². The van der Waals surface area contributed by atoms with Crippen LogP contribution in [0.25, 0.3) is 0 Å². The Labute approximate surface area is 107 Å². The van der Waals surface area contributed by atoms with Gasteiger partial charge in [0.1, 0.15) is 0 Å². The largest absolute Gasteiger partial charge is 0.462 e. The van der Waals surface area contributed by atoms with Crippen molar-refractivity contribution in [3.05, 3.63) is 23.8 Å². The number of hydrogen-bond acceptors (Lipinski definition) is 5. The summed E-state index contributed by atoms with van der Waals surface area (Å²) in [5.74, 6) is -0.362. The van der Waals surface area contributed by atoms with Crippen LogP contribution in [0.5, 0.6) is 0 Å². The van der Waals surface area contributed by atoms with E-state index in [0.717, 1.165) is 18.7 Å². The maximum Gasteiger partial charge on any atom is 0.340 e. The third kappa shape index (κ3) is 4.25. The highest BCUT2D eigenvalue weighted by Crippen LogP contribution is 2.20. The third-order valence-corrected chi connectivity index (χ3v) is 2.38. The summed E-state index contributed by atoms with van der Waals surface area (Å²) in [4.78, 5) is 11.8. The number of ether oxygens (including phenoxy) is 2. The van der Waals surface area contributed by atoms with E-state index in [0.29, 0.717) is 24.5 Å². The third-order valence-electron chi connectivity index (χ3n) is 2.38. The molecule has 0 aliphatic rings. The molecule has 5 heteroatoms. The monoisotopic (exact) mass is 252 g/mol. The number of hydrogen-bond donors (Lipinski definition) is 2. The summed E-state index contributed by atoms with van der Waals surface area (Å²) in [7, 11) is 1.66. The van der Waals surface area contributed by atoms with Gasteiger partial charge in [-0.2, -0.15) is 0 Å². The molecule has 0 saturated carbocycles. The number of anilines is 2. The van der Waals surface area contributed by atoms with Gasteiger partial charge in [0.05, 0.1) is 12.2 Å². The quantitative estimate of drug-likeness (QED) is 0.440. The Hall–Kier alpha value is -1.75. The van der Waals surface area contributed by atoms with E-state index in [1.807, 2.05) is 0 Å². The van der Waals surface area contributed by atoms with Crippen molar-refractivity contribution in [1.82, 2.24) is 0 Å². The highest BCUT2D eigenvalue weighted by atomic mass is 16.5. The van der Waals surface area contributed by atoms with Crippen molar-refractivity contribution >= 4 is 17.3 Å². The minimum absolute atomic E-state index is 0.344. The van der Waals surface area contributed by atoms with E-state index in [1.54, 1.807) is 32.2 Å². The lowest BCUT2D eigenvalue weighted by atomic mass is 10.1. The second-order valence-electron chi connectivity index (χ2n) is 3.80. The van der Waals surface area contributed by atoms with Crippen molar-refractivity contribution in [1.29, 1.82) is 0 Å². The van der Waals surface area contributed by atoms with E-state index in [9.17, 15) is 4.79 Å². The minimum Gasteiger partial charge on any atom is -0.462 e. The number of carbonyl (C=O) groups excluding carboxylic acids is 1. The highest BCUT2D eigenvalue weighted by Gasteiger charge is 2.12. The minimum atomic E-state index is -0.362. The molecule has 0 aliphatic heterocycles. The number of nitrogens with one attached hydrogen (secondary N) is 1. The maximum atomic E-state index is 11.8. The Bertz CT molecular complexity index is 394. The van der Waals surface area contributed by atoms with Gasteiger partial charge < -0.3 is 20.5 Å². The van der Waals surface area contributed by atoms with Gasteiger partial charge in [-0.15, -0.1) is 0 Å². The SMILES string of the molecule is CCOC(=O)c1cc(N)ccc1NCCCOC. The molecule has 0 aromatic heterocycles.